The Morgan fingerprint density at radius 3 is 2.95 bits per heavy atom. The van der Waals surface area contributed by atoms with Crippen LogP contribution in [0, 0.1) is 0 Å². The van der Waals surface area contributed by atoms with Crippen molar-refractivity contribution in [3.63, 3.8) is 0 Å². The number of anilines is 1. The minimum atomic E-state index is -0.337. The third-order valence-electron chi connectivity index (χ3n) is 3.04. The summed E-state index contributed by atoms with van der Waals surface area (Å²) in [6.45, 7) is -0.0313. The van der Waals surface area contributed by atoms with E-state index < -0.39 is 0 Å². The van der Waals surface area contributed by atoms with Gasteiger partial charge in [-0.25, -0.2) is 0 Å². The van der Waals surface area contributed by atoms with Gasteiger partial charge in [-0.15, -0.1) is 11.3 Å². The highest BCUT2D eigenvalue weighted by Gasteiger charge is 2.23. The molecule has 0 spiro atoms. The molecule has 0 unspecified atom stereocenters. The number of nitrogens with zero attached hydrogens (tertiary/aromatic N) is 1. The SMILES string of the molecule is Nc1c(C(=O)NCC(=O)NC2CC2)sc2cccnc12. The first-order valence-electron chi connectivity index (χ1n) is 6.35. The Hall–Kier alpha value is -2.15. The zero-order valence-electron chi connectivity index (χ0n) is 10.7. The zero-order valence-corrected chi connectivity index (χ0v) is 11.5. The molecule has 7 heteroatoms. The molecule has 0 aromatic carbocycles. The maximum atomic E-state index is 12.1. The summed E-state index contributed by atoms with van der Waals surface area (Å²) in [6.07, 6.45) is 3.68. The van der Waals surface area contributed by atoms with Crippen LogP contribution in [0.3, 0.4) is 0 Å². The fourth-order valence-electron chi connectivity index (χ4n) is 1.86. The van der Waals surface area contributed by atoms with Gasteiger partial charge in [-0.1, -0.05) is 0 Å². The van der Waals surface area contributed by atoms with E-state index in [-0.39, 0.29) is 24.4 Å². The molecule has 1 saturated carbocycles. The fraction of sp³-hybridized carbons (Fsp3) is 0.308. The van der Waals surface area contributed by atoms with Gasteiger partial charge in [-0.05, 0) is 25.0 Å². The van der Waals surface area contributed by atoms with Crippen molar-refractivity contribution >= 4 is 39.1 Å². The number of nitrogens with one attached hydrogen (secondary N) is 2. The van der Waals surface area contributed by atoms with Crippen molar-refractivity contribution < 1.29 is 9.59 Å². The third-order valence-corrected chi connectivity index (χ3v) is 4.20. The van der Waals surface area contributed by atoms with Gasteiger partial charge in [0.05, 0.1) is 16.9 Å². The van der Waals surface area contributed by atoms with Crippen molar-refractivity contribution in [2.75, 3.05) is 12.3 Å². The molecule has 0 saturated heterocycles. The van der Waals surface area contributed by atoms with Gasteiger partial charge in [0.25, 0.3) is 5.91 Å². The number of carbonyl (C=O) groups excluding carboxylic acids is 2. The van der Waals surface area contributed by atoms with Crippen LogP contribution in [0.5, 0.6) is 0 Å². The Labute approximate surface area is 119 Å². The molecule has 0 aliphatic heterocycles. The Kier molecular flexibility index (Phi) is 3.27. The minimum absolute atomic E-state index is 0.0313. The van der Waals surface area contributed by atoms with E-state index in [9.17, 15) is 9.59 Å². The van der Waals surface area contributed by atoms with Gasteiger partial charge in [0.1, 0.15) is 10.4 Å². The topological polar surface area (TPSA) is 97.1 Å². The number of nitrogen functional groups attached to an aromatic ring is 1. The standard InChI is InChI=1S/C13H14N4O2S/c14-10-11-8(2-1-5-15-11)20-12(10)13(19)16-6-9(18)17-7-3-4-7/h1-2,5,7H,3-4,6,14H2,(H,16,19)(H,17,18). The van der Waals surface area contributed by atoms with Crippen molar-refractivity contribution in [1.82, 2.24) is 15.6 Å². The second kappa shape index (κ2) is 5.09. The average Bonchev–Trinajstić information content (AvgIpc) is 3.19. The molecule has 2 amide bonds. The molecule has 1 fully saturated rings. The number of rotatable bonds is 4. The van der Waals surface area contributed by atoms with Crippen LogP contribution in [0.2, 0.25) is 0 Å². The van der Waals surface area contributed by atoms with E-state index in [1.807, 2.05) is 6.07 Å². The Morgan fingerprint density at radius 1 is 1.45 bits per heavy atom. The lowest BCUT2D eigenvalue weighted by Crippen LogP contribution is -2.37. The average molecular weight is 290 g/mol. The number of hydrogen-bond acceptors (Lipinski definition) is 5. The van der Waals surface area contributed by atoms with Gasteiger partial charge in [-0.2, -0.15) is 0 Å². The quantitative estimate of drug-likeness (QED) is 0.779. The van der Waals surface area contributed by atoms with E-state index in [2.05, 4.69) is 15.6 Å². The van der Waals surface area contributed by atoms with Crippen LogP contribution in [-0.2, 0) is 4.79 Å². The minimum Gasteiger partial charge on any atom is -0.396 e. The zero-order chi connectivity index (χ0) is 14.1. The normalized spacial score (nSPS) is 14.2. The monoisotopic (exact) mass is 290 g/mol. The number of pyridine rings is 1. The van der Waals surface area contributed by atoms with E-state index in [1.54, 1.807) is 12.3 Å². The van der Waals surface area contributed by atoms with Gasteiger partial charge >= 0.3 is 0 Å². The van der Waals surface area contributed by atoms with Crippen molar-refractivity contribution in [2.24, 2.45) is 0 Å². The molecule has 1 aliphatic carbocycles. The summed E-state index contributed by atoms with van der Waals surface area (Å²) in [5.41, 5.74) is 6.92. The summed E-state index contributed by atoms with van der Waals surface area (Å²) in [4.78, 5) is 28.1. The predicted octanol–water partition coefficient (Wildman–Crippen LogP) is 0.887. The maximum Gasteiger partial charge on any atom is 0.264 e. The van der Waals surface area contributed by atoms with E-state index in [0.29, 0.717) is 16.1 Å². The summed E-state index contributed by atoms with van der Waals surface area (Å²) in [6, 6.07) is 3.95. The number of nitrogens with two attached hydrogens (primary N) is 1. The first-order chi connectivity index (χ1) is 9.65. The molecular weight excluding hydrogens is 276 g/mol. The highest BCUT2D eigenvalue weighted by molar-refractivity contribution is 7.21. The number of amides is 2. The summed E-state index contributed by atoms with van der Waals surface area (Å²) in [5, 5.41) is 5.39. The van der Waals surface area contributed by atoms with Crippen molar-refractivity contribution in [1.29, 1.82) is 0 Å². The van der Waals surface area contributed by atoms with Crippen LogP contribution in [0.25, 0.3) is 10.2 Å². The Morgan fingerprint density at radius 2 is 2.25 bits per heavy atom. The second-order valence-electron chi connectivity index (χ2n) is 4.72. The summed E-state index contributed by atoms with van der Waals surface area (Å²) < 4.78 is 0.859. The van der Waals surface area contributed by atoms with Crippen molar-refractivity contribution in [3.8, 4) is 0 Å². The third kappa shape index (κ3) is 2.57. The molecule has 2 aromatic rings. The molecule has 0 atom stereocenters. The molecule has 1 aliphatic rings. The van der Waals surface area contributed by atoms with Gasteiger partial charge in [0.2, 0.25) is 5.91 Å². The van der Waals surface area contributed by atoms with E-state index in [4.69, 9.17) is 5.73 Å². The van der Waals surface area contributed by atoms with Crippen LogP contribution in [0.1, 0.15) is 22.5 Å². The molecule has 6 nitrogen and oxygen atoms in total. The fourth-order valence-corrected chi connectivity index (χ4v) is 2.86. The first kappa shape index (κ1) is 12.9. The molecule has 0 bridgehead atoms. The number of fused-ring (bicyclic) bond motifs is 1. The molecule has 2 aromatic heterocycles. The molecule has 4 N–H and O–H groups in total. The predicted molar refractivity (Wildman–Crippen MR) is 77.5 cm³/mol. The first-order valence-corrected chi connectivity index (χ1v) is 7.17. The van der Waals surface area contributed by atoms with Gasteiger partial charge in [0, 0.05) is 12.2 Å². The van der Waals surface area contributed by atoms with Crippen molar-refractivity contribution in [3.05, 3.63) is 23.2 Å². The van der Waals surface area contributed by atoms with Crippen LogP contribution in [-0.4, -0.2) is 29.4 Å². The van der Waals surface area contributed by atoms with Gasteiger partial charge in [0.15, 0.2) is 0 Å². The lowest BCUT2D eigenvalue weighted by molar-refractivity contribution is -0.120. The molecule has 20 heavy (non-hydrogen) atoms. The molecule has 0 radical (unpaired) electrons. The van der Waals surface area contributed by atoms with Gasteiger partial charge < -0.3 is 16.4 Å². The van der Waals surface area contributed by atoms with Crippen LogP contribution < -0.4 is 16.4 Å². The molecule has 3 rings (SSSR count). The van der Waals surface area contributed by atoms with Crippen LogP contribution >= 0.6 is 11.3 Å². The summed E-state index contributed by atoms with van der Waals surface area (Å²) in [5.74, 6) is -0.505. The number of carbonyl (C=O) groups is 2. The maximum absolute atomic E-state index is 12.1. The van der Waals surface area contributed by atoms with E-state index in [0.717, 1.165) is 17.5 Å². The number of aromatic nitrogens is 1. The number of hydrogen-bond donors (Lipinski definition) is 3. The van der Waals surface area contributed by atoms with Crippen molar-refractivity contribution in [2.45, 2.75) is 18.9 Å². The molecule has 104 valence electrons. The molecule has 2 heterocycles. The van der Waals surface area contributed by atoms with E-state index >= 15 is 0 Å². The van der Waals surface area contributed by atoms with Crippen LogP contribution in [0.15, 0.2) is 18.3 Å². The molecular formula is C13H14N4O2S. The Balaban J connectivity index is 1.68. The largest absolute Gasteiger partial charge is 0.396 e. The smallest absolute Gasteiger partial charge is 0.264 e. The second-order valence-corrected chi connectivity index (χ2v) is 5.77. The van der Waals surface area contributed by atoms with Crippen LogP contribution in [0.4, 0.5) is 5.69 Å². The number of thiophene rings is 1. The van der Waals surface area contributed by atoms with Gasteiger partial charge in [-0.3, -0.25) is 14.6 Å². The van der Waals surface area contributed by atoms with E-state index in [1.165, 1.54) is 11.3 Å². The highest BCUT2D eigenvalue weighted by Crippen LogP contribution is 2.31. The summed E-state index contributed by atoms with van der Waals surface area (Å²) >= 11 is 1.28. The lowest BCUT2D eigenvalue weighted by Gasteiger charge is -2.05. The highest BCUT2D eigenvalue weighted by atomic mass is 32.1. The lowest BCUT2D eigenvalue weighted by atomic mass is 10.3. The Bertz CT molecular complexity index is 678. The summed E-state index contributed by atoms with van der Waals surface area (Å²) in [7, 11) is 0.